The SMILES string of the molecule is CC(C)(C)c1ccc2c(c1)N(CC(=O)N1CCC3(CC1)OCCO3)C(=O)C(=Cc1ccc(Cl)cc1)O2. The van der Waals surface area contributed by atoms with Gasteiger partial charge >= 0.3 is 0 Å². The van der Waals surface area contributed by atoms with Gasteiger partial charge in [0.25, 0.3) is 5.91 Å². The van der Waals surface area contributed by atoms with Crippen LogP contribution >= 0.6 is 11.6 Å². The number of anilines is 1. The van der Waals surface area contributed by atoms with Gasteiger partial charge in [0, 0.05) is 31.0 Å². The van der Waals surface area contributed by atoms with E-state index >= 15 is 0 Å². The first-order chi connectivity index (χ1) is 17.1. The minimum atomic E-state index is -0.561. The second-order valence-electron chi connectivity index (χ2n) is 10.5. The third kappa shape index (κ3) is 5.01. The summed E-state index contributed by atoms with van der Waals surface area (Å²) >= 11 is 6.01. The predicted molar refractivity (Wildman–Crippen MR) is 138 cm³/mol. The summed E-state index contributed by atoms with van der Waals surface area (Å²) in [5.41, 5.74) is 2.30. The normalized spacial score (nSPS) is 20.6. The van der Waals surface area contributed by atoms with Gasteiger partial charge in [-0.15, -0.1) is 0 Å². The van der Waals surface area contributed by atoms with Crippen LogP contribution in [-0.2, 0) is 24.5 Å². The highest BCUT2D eigenvalue weighted by Gasteiger charge is 2.41. The maximum absolute atomic E-state index is 13.6. The molecule has 0 unspecified atom stereocenters. The van der Waals surface area contributed by atoms with E-state index in [1.807, 2.05) is 30.3 Å². The summed E-state index contributed by atoms with van der Waals surface area (Å²) in [4.78, 5) is 30.3. The lowest BCUT2D eigenvalue weighted by atomic mass is 9.86. The first-order valence-corrected chi connectivity index (χ1v) is 12.7. The van der Waals surface area contributed by atoms with Crippen molar-refractivity contribution in [2.75, 3.05) is 37.7 Å². The lowest BCUT2D eigenvalue weighted by molar-refractivity contribution is -0.187. The minimum absolute atomic E-state index is 0.0739. The number of hydrogen-bond acceptors (Lipinski definition) is 5. The van der Waals surface area contributed by atoms with Crippen molar-refractivity contribution in [1.82, 2.24) is 4.90 Å². The molecule has 0 N–H and O–H groups in total. The molecule has 3 heterocycles. The number of carbonyl (C=O) groups excluding carboxylic acids is 2. The Bertz CT molecular complexity index is 1190. The summed E-state index contributed by atoms with van der Waals surface area (Å²) in [6.07, 6.45) is 2.93. The van der Waals surface area contributed by atoms with E-state index < -0.39 is 5.79 Å². The second kappa shape index (κ2) is 9.54. The Morgan fingerprint density at radius 1 is 1.06 bits per heavy atom. The van der Waals surface area contributed by atoms with Gasteiger partial charge < -0.3 is 19.1 Å². The Labute approximate surface area is 216 Å². The standard InChI is InChI=1S/C28H31ClN2O5/c1-27(2,3)20-6-9-23-22(17-20)31(26(33)24(36-23)16-19-4-7-21(29)8-5-19)18-25(32)30-12-10-28(11-13-30)34-14-15-35-28/h4-9,16-17H,10-15,18H2,1-3H3. The molecule has 0 aromatic heterocycles. The summed E-state index contributed by atoms with van der Waals surface area (Å²) in [5, 5.41) is 0.608. The predicted octanol–water partition coefficient (Wildman–Crippen LogP) is 4.77. The fraction of sp³-hybridized carbons (Fsp3) is 0.429. The molecule has 2 aromatic carbocycles. The molecule has 2 fully saturated rings. The number of ether oxygens (including phenoxy) is 3. The summed E-state index contributed by atoms with van der Waals surface area (Å²) in [6, 6.07) is 13.0. The van der Waals surface area contributed by atoms with E-state index in [4.69, 9.17) is 25.8 Å². The Morgan fingerprint density at radius 3 is 2.36 bits per heavy atom. The van der Waals surface area contributed by atoms with Crippen LogP contribution in [0.1, 0.15) is 44.7 Å². The van der Waals surface area contributed by atoms with Gasteiger partial charge in [0.1, 0.15) is 6.54 Å². The van der Waals surface area contributed by atoms with Gasteiger partial charge in [-0.05, 0) is 46.9 Å². The van der Waals surface area contributed by atoms with Crippen LogP contribution in [0.5, 0.6) is 5.75 Å². The molecule has 2 saturated heterocycles. The summed E-state index contributed by atoms with van der Waals surface area (Å²) in [6.45, 7) is 8.49. The number of fused-ring (bicyclic) bond motifs is 1. The first kappa shape index (κ1) is 24.8. The molecule has 0 bridgehead atoms. The third-order valence-electron chi connectivity index (χ3n) is 6.94. The van der Waals surface area contributed by atoms with Gasteiger partial charge in [-0.1, -0.05) is 50.6 Å². The molecule has 5 rings (SSSR count). The van der Waals surface area contributed by atoms with E-state index in [0.717, 1.165) is 11.1 Å². The molecule has 0 aliphatic carbocycles. The Hall–Kier alpha value is -2.87. The molecule has 3 aliphatic rings. The molecule has 1 spiro atoms. The zero-order valence-corrected chi connectivity index (χ0v) is 21.6. The smallest absolute Gasteiger partial charge is 0.294 e. The fourth-order valence-electron chi connectivity index (χ4n) is 4.76. The van der Waals surface area contributed by atoms with Crippen molar-refractivity contribution in [3.8, 4) is 5.75 Å². The molecule has 7 nitrogen and oxygen atoms in total. The molecule has 2 amide bonds. The number of carbonyl (C=O) groups is 2. The van der Waals surface area contributed by atoms with Crippen molar-refractivity contribution in [1.29, 1.82) is 0 Å². The van der Waals surface area contributed by atoms with Gasteiger partial charge in [-0.2, -0.15) is 0 Å². The van der Waals surface area contributed by atoms with E-state index in [1.165, 1.54) is 4.90 Å². The van der Waals surface area contributed by atoms with Crippen molar-refractivity contribution >= 4 is 35.2 Å². The van der Waals surface area contributed by atoms with Crippen LogP contribution in [0.3, 0.4) is 0 Å². The van der Waals surface area contributed by atoms with Crippen LogP contribution in [0.4, 0.5) is 5.69 Å². The molecule has 3 aliphatic heterocycles. The van der Waals surface area contributed by atoms with Crippen molar-refractivity contribution in [2.45, 2.75) is 44.8 Å². The van der Waals surface area contributed by atoms with Crippen LogP contribution in [0.25, 0.3) is 6.08 Å². The second-order valence-corrected chi connectivity index (χ2v) is 10.9. The average molecular weight is 511 g/mol. The van der Waals surface area contributed by atoms with Gasteiger partial charge in [0.2, 0.25) is 5.91 Å². The Morgan fingerprint density at radius 2 is 1.72 bits per heavy atom. The van der Waals surface area contributed by atoms with Crippen molar-refractivity contribution in [2.24, 2.45) is 0 Å². The van der Waals surface area contributed by atoms with Gasteiger partial charge in [0.05, 0.1) is 18.9 Å². The van der Waals surface area contributed by atoms with Crippen LogP contribution in [0.2, 0.25) is 5.02 Å². The molecule has 8 heteroatoms. The molecule has 190 valence electrons. The van der Waals surface area contributed by atoms with E-state index in [2.05, 4.69) is 20.8 Å². The zero-order valence-electron chi connectivity index (χ0n) is 20.9. The molecule has 0 atom stereocenters. The first-order valence-electron chi connectivity index (χ1n) is 12.3. The minimum Gasteiger partial charge on any atom is -0.449 e. The highest BCUT2D eigenvalue weighted by atomic mass is 35.5. The molecule has 36 heavy (non-hydrogen) atoms. The Kier molecular flexibility index (Phi) is 6.57. The molecule has 2 aromatic rings. The Balaban J connectivity index is 1.43. The molecular formula is C28H31ClN2O5. The maximum atomic E-state index is 13.6. The van der Waals surface area contributed by atoms with E-state index in [-0.39, 0.29) is 29.5 Å². The van der Waals surface area contributed by atoms with Gasteiger partial charge in [-0.25, -0.2) is 0 Å². The van der Waals surface area contributed by atoms with Crippen LogP contribution < -0.4 is 9.64 Å². The number of halogens is 1. The van der Waals surface area contributed by atoms with Crippen LogP contribution in [-0.4, -0.2) is 55.3 Å². The van der Waals surface area contributed by atoms with E-state index in [1.54, 1.807) is 23.1 Å². The van der Waals surface area contributed by atoms with Crippen molar-refractivity contribution < 1.29 is 23.8 Å². The number of piperidine rings is 1. The highest BCUT2D eigenvalue weighted by Crippen LogP contribution is 2.39. The lowest BCUT2D eigenvalue weighted by Crippen LogP contribution is -2.51. The number of likely N-dealkylation sites (tertiary alicyclic amines) is 1. The van der Waals surface area contributed by atoms with E-state index in [9.17, 15) is 9.59 Å². The number of rotatable bonds is 3. The quantitative estimate of drug-likeness (QED) is 0.556. The van der Waals surface area contributed by atoms with E-state index in [0.29, 0.717) is 55.6 Å². The number of hydrogen-bond donors (Lipinski definition) is 0. The van der Waals surface area contributed by atoms with Crippen LogP contribution in [0, 0.1) is 0 Å². The monoisotopic (exact) mass is 510 g/mol. The summed E-state index contributed by atoms with van der Waals surface area (Å²) in [7, 11) is 0. The molecular weight excluding hydrogens is 480 g/mol. The van der Waals surface area contributed by atoms with Crippen LogP contribution in [0.15, 0.2) is 48.2 Å². The number of benzene rings is 2. The maximum Gasteiger partial charge on any atom is 0.294 e. The lowest BCUT2D eigenvalue weighted by Gasteiger charge is -2.39. The number of nitrogens with zero attached hydrogens (tertiary/aromatic N) is 2. The third-order valence-corrected chi connectivity index (χ3v) is 7.20. The topological polar surface area (TPSA) is 68.3 Å². The summed E-state index contributed by atoms with van der Waals surface area (Å²) in [5.74, 6) is -0.329. The number of amides is 2. The van der Waals surface area contributed by atoms with Crippen molar-refractivity contribution in [3.63, 3.8) is 0 Å². The van der Waals surface area contributed by atoms with Gasteiger partial charge in [-0.3, -0.25) is 14.5 Å². The average Bonchev–Trinajstić information content (AvgIpc) is 3.30. The van der Waals surface area contributed by atoms with Crippen molar-refractivity contribution in [3.05, 3.63) is 64.4 Å². The molecule has 0 saturated carbocycles. The largest absolute Gasteiger partial charge is 0.449 e. The zero-order chi connectivity index (χ0) is 25.5. The highest BCUT2D eigenvalue weighted by molar-refractivity contribution is 6.30. The summed E-state index contributed by atoms with van der Waals surface area (Å²) < 4.78 is 17.6. The fourth-order valence-corrected chi connectivity index (χ4v) is 4.89. The van der Waals surface area contributed by atoms with Gasteiger partial charge in [0.15, 0.2) is 17.3 Å². The molecule has 0 radical (unpaired) electrons.